The Kier molecular flexibility index (Phi) is 4.45. The van der Waals surface area contributed by atoms with E-state index in [0.717, 1.165) is 17.7 Å². The van der Waals surface area contributed by atoms with E-state index in [9.17, 15) is 9.90 Å². The lowest BCUT2D eigenvalue weighted by molar-refractivity contribution is -0.119. The van der Waals surface area contributed by atoms with Gasteiger partial charge in [-0.15, -0.1) is 11.8 Å². The number of benzene rings is 1. The highest BCUT2D eigenvalue weighted by Gasteiger charge is 2.29. The molecule has 1 aromatic rings. The van der Waals surface area contributed by atoms with E-state index in [0.29, 0.717) is 18.2 Å². The van der Waals surface area contributed by atoms with Crippen molar-refractivity contribution in [1.82, 2.24) is 5.32 Å². The summed E-state index contributed by atoms with van der Waals surface area (Å²) in [6, 6.07) is 9.83. The zero-order valence-corrected chi connectivity index (χ0v) is 10.5. The number of rotatable bonds is 6. The van der Waals surface area contributed by atoms with Crippen molar-refractivity contribution in [3.63, 3.8) is 0 Å². The topological polar surface area (TPSA) is 49.3 Å². The molecule has 1 aliphatic carbocycles. The van der Waals surface area contributed by atoms with Gasteiger partial charge in [-0.2, -0.15) is 0 Å². The largest absolute Gasteiger partial charge is 0.391 e. The first-order chi connectivity index (χ1) is 8.25. The first-order valence-electron chi connectivity index (χ1n) is 5.88. The molecule has 4 heteroatoms. The number of carbonyl (C=O) groups is 1. The van der Waals surface area contributed by atoms with Crippen LogP contribution in [0.15, 0.2) is 35.2 Å². The third kappa shape index (κ3) is 4.40. The van der Waals surface area contributed by atoms with Gasteiger partial charge in [0.1, 0.15) is 0 Å². The first-order valence-corrected chi connectivity index (χ1v) is 6.87. The molecule has 3 nitrogen and oxygen atoms in total. The number of hydrogen-bond acceptors (Lipinski definition) is 3. The molecule has 1 unspecified atom stereocenters. The summed E-state index contributed by atoms with van der Waals surface area (Å²) in [5.41, 5.74) is 0. The summed E-state index contributed by atoms with van der Waals surface area (Å²) in [5, 5.41) is 12.4. The maximum absolute atomic E-state index is 11.5. The van der Waals surface area contributed by atoms with Gasteiger partial charge in [-0.1, -0.05) is 18.2 Å². The monoisotopic (exact) mass is 251 g/mol. The molecule has 1 aromatic carbocycles. The van der Waals surface area contributed by atoms with Gasteiger partial charge in [-0.3, -0.25) is 4.79 Å². The van der Waals surface area contributed by atoms with Gasteiger partial charge in [-0.05, 0) is 30.9 Å². The summed E-state index contributed by atoms with van der Waals surface area (Å²) >= 11 is 1.51. The van der Waals surface area contributed by atoms with Gasteiger partial charge in [0.2, 0.25) is 5.91 Å². The Balaban J connectivity index is 1.63. The van der Waals surface area contributed by atoms with Gasteiger partial charge in [0.15, 0.2) is 0 Å². The molecule has 2 rings (SSSR count). The molecule has 0 saturated heterocycles. The molecule has 0 aliphatic heterocycles. The van der Waals surface area contributed by atoms with E-state index in [2.05, 4.69) is 5.32 Å². The Morgan fingerprint density at radius 1 is 1.41 bits per heavy atom. The van der Waals surface area contributed by atoms with Crippen molar-refractivity contribution in [1.29, 1.82) is 0 Å². The molecule has 2 N–H and O–H groups in total. The zero-order valence-electron chi connectivity index (χ0n) is 9.63. The molecule has 0 bridgehead atoms. The van der Waals surface area contributed by atoms with Crippen LogP contribution in [0.5, 0.6) is 0 Å². The Morgan fingerprint density at radius 3 is 2.76 bits per heavy atom. The number of aliphatic hydroxyl groups excluding tert-OH is 1. The third-order valence-electron chi connectivity index (χ3n) is 2.79. The highest BCUT2D eigenvalue weighted by molar-refractivity contribution is 8.00. The standard InChI is InChI=1S/C13H17NO2S/c15-12(10-6-7-10)8-14-13(16)9-17-11-4-2-1-3-5-11/h1-5,10,12,15H,6-9H2,(H,14,16). The van der Waals surface area contributed by atoms with Crippen LogP contribution in [0.3, 0.4) is 0 Å². The van der Waals surface area contributed by atoms with E-state index in [1.807, 2.05) is 30.3 Å². The number of aliphatic hydroxyl groups is 1. The van der Waals surface area contributed by atoms with E-state index < -0.39 is 0 Å². The predicted octanol–water partition coefficient (Wildman–Crippen LogP) is 1.67. The first kappa shape index (κ1) is 12.5. The Bertz CT molecular complexity index is 365. The highest BCUT2D eigenvalue weighted by Crippen LogP contribution is 2.32. The second-order valence-corrected chi connectivity index (χ2v) is 5.36. The summed E-state index contributed by atoms with van der Waals surface area (Å²) in [4.78, 5) is 12.6. The maximum Gasteiger partial charge on any atom is 0.230 e. The Morgan fingerprint density at radius 2 is 2.12 bits per heavy atom. The average Bonchev–Trinajstić information content (AvgIpc) is 3.19. The minimum absolute atomic E-state index is 0.0152. The lowest BCUT2D eigenvalue weighted by atomic mass is 10.2. The predicted molar refractivity (Wildman–Crippen MR) is 68.9 cm³/mol. The van der Waals surface area contributed by atoms with Gasteiger partial charge in [0, 0.05) is 11.4 Å². The fourth-order valence-corrected chi connectivity index (χ4v) is 2.33. The molecule has 0 aromatic heterocycles. The van der Waals surface area contributed by atoms with Gasteiger partial charge in [0.25, 0.3) is 0 Å². The number of carbonyl (C=O) groups excluding carboxylic acids is 1. The van der Waals surface area contributed by atoms with Crippen LogP contribution >= 0.6 is 11.8 Å². The summed E-state index contributed by atoms with van der Waals surface area (Å²) in [7, 11) is 0. The maximum atomic E-state index is 11.5. The zero-order chi connectivity index (χ0) is 12.1. The van der Waals surface area contributed by atoms with Crippen molar-refractivity contribution >= 4 is 17.7 Å². The lowest BCUT2D eigenvalue weighted by Crippen LogP contribution is -2.34. The van der Waals surface area contributed by atoms with Crippen molar-refractivity contribution in [2.24, 2.45) is 5.92 Å². The molecule has 1 fully saturated rings. The Hall–Kier alpha value is -1.00. The van der Waals surface area contributed by atoms with Crippen LogP contribution in [-0.2, 0) is 4.79 Å². The molecule has 17 heavy (non-hydrogen) atoms. The van der Waals surface area contributed by atoms with Gasteiger partial charge >= 0.3 is 0 Å². The van der Waals surface area contributed by atoms with Gasteiger partial charge in [0.05, 0.1) is 11.9 Å². The molecule has 1 amide bonds. The van der Waals surface area contributed by atoms with E-state index in [-0.39, 0.29) is 12.0 Å². The van der Waals surface area contributed by atoms with Crippen LogP contribution in [0, 0.1) is 5.92 Å². The third-order valence-corrected chi connectivity index (χ3v) is 3.80. The molecular weight excluding hydrogens is 234 g/mol. The molecule has 92 valence electrons. The highest BCUT2D eigenvalue weighted by atomic mass is 32.2. The van der Waals surface area contributed by atoms with Gasteiger partial charge < -0.3 is 10.4 Å². The minimum Gasteiger partial charge on any atom is -0.391 e. The molecule has 0 heterocycles. The second-order valence-electron chi connectivity index (χ2n) is 4.31. The van der Waals surface area contributed by atoms with Crippen LogP contribution in [-0.4, -0.2) is 29.4 Å². The lowest BCUT2D eigenvalue weighted by Gasteiger charge is -2.10. The normalized spacial score (nSPS) is 16.5. The Labute approximate surface area is 106 Å². The average molecular weight is 251 g/mol. The van der Waals surface area contributed by atoms with Crippen LogP contribution in [0.2, 0.25) is 0 Å². The summed E-state index contributed by atoms with van der Waals surface area (Å²) in [5.74, 6) is 0.803. The fraction of sp³-hybridized carbons (Fsp3) is 0.462. The number of thioether (sulfide) groups is 1. The van der Waals surface area contributed by atoms with E-state index >= 15 is 0 Å². The molecule has 0 spiro atoms. The van der Waals surface area contributed by atoms with Crippen molar-refractivity contribution in [2.75, 3.05) is 12.3 Å². The summed E-state index contributed by atoms with van der Waals surface area (Å²) in [6.07, 6.45) is 1.83. The van der Waals surface area contributed by atoms with Crippen molar-refractivity contribution in [3.8, 4) is 0 Å². The van der Waals surface area contributed by atoms with Crippen molar-refractivity contribution < 1.29 is 9.90 Å². The molecular formula is C13H17NO2S. The molecule has 0 radical (unpaired) electrons. The molecule has 1 atom stereocenters. The van der Waals surface area contributed by atoms with E-state index in [1.165, 1.54) is 11.8 Å². The van der Waals surface area contributed by atoms with Crippen LogP contribution in [0.1, 0.15) is 12.8 Å². The van der Waals surface area contributed by atoms with Crippen LogP contribution in [0.25, 0.3) is 0 Å². The van der Waals surface area contributed by atoms with Crippen LogP contribution in [0.4, 0.5) is 0 Å². The van der Waals surface area contributed by atoms with Gasteiger partial charge in [-0.25, -0.2) is 0 Å². The second kappa shape index (κ2) is 6.07. The van der Waals surface area contributed by atoms with Crippen molar-refractivity contribution in [2.45, 2.75) is 23.8 Å². The van der Waals surface area contributed by atoms with Crippen LogP contribution < -0.4 is 5.32 Å². The SMILES string of the molecule is O=C(CSc1ccccc1)NCC(O)C1CC1. The van der Waals surface area contributed by atoms with Crippen molar-refractivity contribution in [3.05, 3.63) is 30.3 Å². The summed E-state index contributed by atoms with van der Waals surface area (Å²) < 4.78 is 0. The molecule has 1 aliphatic rings. The smallest absolute Gasteiger partial charge is 0.230 e. The fourth-order valence-electron chi connectivity index (χ4n) is 1.58. The minimum atomic E-state index is -0.360. The summed E-state index contributed by atoms with van der Waals surface area (Å²) in [6.45, 7) is 0.388. The molecule has 1 saturated carbocycles. The number of hydrogen-bond donors (Lipinski definition) is 2. The number of amides is 1. The number of nitrogens with one attached hydrogen (secondary N) is 1. The van der Waals surface area contributed by atoms with E-state index in [4.69, 9.17) is 0 Å². The van der Waals surface area contributed by atoms with E-state index in [1.54, 1.807) is 0 Å². The quantitative estimate of drug-likeness (QED) is 0.756.